The zero-order chi connectivity index (χ0) is 11.3. The standard InChI is InChI=1S/C10H17N3OS2/c1-15-10(2-4-14-5-3-10)8-11-6-9-7-16-13-12-9/h7,11H,2-6,8H2,1H3. The molecule has 16 heavy (non-hydrogen) atoms. The molecule has 1 N–H and O–H groups in total. The molecule has 1 aromatic heterocycles. The lowest BCUT2D eigenvalue weighted by Crippen LogP contribution is -2.42. The maximum Gasteiger partial charge on any atom is 0.0893 e. The van der Waals surface area contributed by atoms with Crippen LogP contribution in [0.15, 0.2) is 5.38 Å². The number of nitrogens with zero attached hydrogens (tertiary/aromatic N) is 2. The van der Waals surface area contributed by atoms with Crippen LogP contribution < -0.4 is 5.32 Å². The number of hydrogen-bond acceptors (Lipinski definition) is 6. The second-order valence-electron chi connectivity index (χ2n) is 4.00. The van der Waals surface area contributed by atoms with E-state index < -0.39 is 0 Å². The van der Waals surface area contributed by atoms with E-state index in [-0.39, 0.29) is 0 Å². The molecule has 0 aromatic carbocycles. The highest BCUT2D eigenvalue weighted by molar-refractivity contribution is 8.00. The fourth-order valence-corrected chi connectivity index (χ4v) is 3.15. The Balaban J connectivity index is 1.78. The molecule has 4 nitrogen and oxygen atoms in total. The van der Waals surface area contributed by atoms with E-state index in [0.717, 1.165) is 44.8 Å². The number of hydrogen-bond donors (Lipinski definition) is 1. The summed E-state index contributed by atoms with van der Waals surface area (Å²) in [6.07, 6.45) is 4.46. The van der Waals surface area contributed by atoms with Crippen LogP contribution >= 0.6 is 23.3 Å². The first kappa shape index (κ1) is 12.3. The Morgan fingerprint density at radius 1 is 1.56 bits per heavy atom. The van der Waals surface area contributed by atoms with Gasteiger partial charge >= 0.3 is 0 Å². The Morgan fingerprint density at radius 2 is 2.38 bits per heavy atom. The third kappa shape index (κ3) is 3.16. The minimum Gasteiger partial charge on any atom is -0.381 e. The molecular weight excluding hydrogens is 242 g/mol. The number of aromatic nitrogens is 2. The first-order valence-electron chi connectivity index (χ1n) is 5.44. The molecule has 1 aliphatic rings. The molecule has 0 radical (unpaired) electrons. The smallest absolute Gasteiger partial charge is 0.0893 e. The monoisotopic (exact) mass is 259 g/mol. The van der Waals surface area contributed by atoms with Crippen molar-refractivity contribution in [2.24, 2.45) is 0 Å². The predicted molar refractivity (Wildman–Crippen MR) is 67.9 cm³/mol. The molecule has 0 atom stereocenters. The molecule has 0 unspecified atom stereocenters. The summed E-state index contributed by atoms with van der Waals surface area (Å²) in [5.74, 6) is 0. The van der Waals surface area contributed by atoms with Gasteiger partial charge in [0.15, 0.2) is 0 Å². The van der Waals surface area contributed by atoms with E-state index in [4.69, 9.17) is 4.74 Å². The van der Waals surface area contributed by atoms with Gasteiger partial charge in [-0.1, -0.05) is 4.49 Å². The Morgan fingerprint density at radius 3 is 3.00 bits per heavy atom. The van der Waals surface area contributed by atoms with Gasteiger partial charge in [0.2, 0.25) is 0 Å². The van der Waals surface area contributed by atoms with Crippen molar-refractivity contribution < 1.29 is 4.74 Å². The highest BCUT2D eigenvalue weighted by Gasteiger charge is 2.31. The molecule has 1 saturated heterocycles. The average molecular weight is 259 g/mol. The van der Waals surface area contributed by atoms with Gasteiger partial charge in [0.25, 0.3) is 0 Å². The first-order valence-corrected chi connectivity index (χ1v) is 7.50. The van der Waals surface area contributed by atoms with Crippen molar-refractivity contribution in [2.45, 2.75) is 24.1 Å². The molecule has 2 rings (SSSR count). The van der Waals surface area contributed by atoms with E-state index in [1.165, 1.54) is 11.5 Å². The Hall–Kier alpha value is -0.170. The van der Waals surface area contributed by atoms with Gasteiger partial charge in [0, 0.05) is 36.4 Å². The second kappa shape index (κ2) is 5.95. The van der Waals surface area contributed by atoms with Crippen LogP contribution in [0.25, 0.3) is 0 Å². The Labute approximate surface area is 104 Å². The van der Waals surface area contributed by atoms with Crippen LogP contribution in [-0.2, 0) is 11.3 Å². The molecule has 0 spiro atoms. The van der Waals surface area contributed by atoms with Crippen LogP contribution in [0.3, 0.4) is 0 Å². The van der Waals surface area contributed by atoms with Crippen molar-refractivity contribution in [2.75, 3.05) is 26.0 Å². The molecule has 0 saturated carbocycles. The van der Waals surface area contributed by atoms with Gasteiger partial charge in [-0.3, -0.25) is 0 Å². The van der Waals surface area contributed by atoms with Gasteiger partial charge in [-0.15, -0.1) is 5.10 Å². The summed E-state index contributed by atoms with van der Waals surface area (Å²) in [4.78, 5) is 0. The SMILES string of the molecule is CSC1(CNCc2csnn2)CCOCC1. The summed E-state index contributed by atoms with van der Waals surface area (Å²) in [5, 5.41) is 9.49. The maximum absolute atomic E-state index is 5.42. The summed E-state index contributed by atoms with van der Waals surface area (Å²) in [5.41, 5.74) is 1.04. The van der Waals surface area contributed by atoms with Gasteiger partial charge in [-0.2, -0.15) is 11.8 Å². The quantitative estimate of drug-likeness (QED) is 0.869. The zero-order valence-electron chi connectivity index (χ0n) is 9.44. The van der Waals surface area contributed by atoms with Crippen LogP contribution in [0.1, 0.15) is 18.5 Å². The van der Waals surface area contributed by atoms with Gasteiger partial charge < -0.3 is 10.1 Å². The summed E-state index contributed by atoms with van der Waals surface area (Å²) in [6.45, 7) is 3.62. The molecule has 2 heterocycles. The van der Waals surface area contributed by atoms with E-state index in [0.29, 0.717) is 4.75 Å². The first-order chi connectivity index (χ1) is 7.85. The summed E-state index contributed by atoms with van der Waals surface area (Å²) in [6, 6.07) is 0. The van der Waals surface area contributed by atoms with Crippen LogP contribution in [0.4, 0.5) is 0 Å². The fraction of sp³-hybridized carbons (Fsp3) is 0.800. The van der Waals surface area contributed by atoms with Crippen molar-refractivity contribution in [3.63, 3.8) is 0 Å². The van der Waals surface area contributed by atoms with Crippen LogP contribution in [0.2, 0.25) is 0 Å². The summed E-state index contributed by atoms with van der Waals surface area (Å²) in [7, 11) is 0. The molecule has 90 valence electrons. The van der Waals surface area contributed by atoms with Crippen molar-refractivity contribution in [1.82, 2.24) is 14.9 Å². The lowest BCUT2D eigenvalue weighted by Gasteiger charge is -2.35. The highest BCUT2D eigenvalue weighted by Crippen LogP contribution is 2.32. The van der Waals surface area contributed by atoms with Gasteiger partial charge in [0.1, 0.15) is 0 Å². The van der Waals surface area contributed by atoms with Crippen LogP contribution in [-0.4, -0.2) is 40.3 Å². The molecule has 0 aliphatic carbocycles. The average Bonchev–Trinajstić information content (AvgIpc) is 2.83. The highest BCUT2D eigenvalue weighted by atomic mass is 32.2. The van der Waals surface area contributed by atoms with Crippen molar-refractivity contribution in [1.29, 1.82) is 0 Å². The van der Waals surface area contributed by atoms with E-state index in [1.807, 2.05) is 17.1 Å². The Kier molecular flexibility index (Phi) is 4.57. The van der Waals surface area contributed by atoms with E-state index in [9.17, 15) is 0 Å². The lowest BCUT2D eigenvalue weighted by atomic mass is 9.99. The molecule has 6 heteroatoms. The third-order valence-corrected chi connectivity index (χ3v) is 4.97. The summed E-state index contributed by atoms with van der Waals surface area (Å²) >= 11 is 3.36. The van der Waals surface area contributed by atoms with E-state index >= 15 is 0 Å². The molecule has 1 aromatic rings. The fourth-order valence-electron chi connectivity index (χ4n) is 1.88. The van der Waals surface area contributed by atoms with Crippen molar-refractivity contribution >= 4 is 23.3 Å². The minimum atomic E-state index is 0.349. The van der Waals surface area contributed by atoms with Gasteiger partial charge in [-0.25, -0.2) is 0 Å². The normalized spacial score (nSPS) is 19.8. The maximum atomic E-state index is 5.42. The van der Waals surface area contributed by atoms with Gasteiger partial charge in [-0.05, 0) is 30.6 Å². The molecular formula is C10H17N3OS2. The van der Waals surface area contributed by atoms with E-state index in [2.05, 4.69) is 21.2 Å². The largest absolute Gasteiger partial charge is 0.381 e. The number of nitrogens with one attached hydrogen (secondary N) is 1. The molecule has 1 aliphatic heterocycles. The molecule has 0 bridgehead atoms. The van der Waals surface area contributed by atoms with Gasteiger partial charge in [0.05, 0.1) is 5.69 Å². The number of ether oxygens (including phenoxy) is 1. The van der Waals surface area contributed by atoms with E-state index in [1.54, 1.807) is 0 Å². The van der Waals surface area contributed by atoms with Crippen LogP contribution in [0, 0.1) is 0 Å². The number of thioether (sulfide) groups is 1. The Bertz CT molecular complexity index is 299. The summed E-state index contributed by atoms with van der Waals surface area (Å²) < 4.78 is 9.62. The predicted octanol–water partition coefficient (Wildman–Crippen LogP) is 1.54. The third-order valence-electron chi connectivity index (χ3n) is 3.00. The zero-order valence-corrected chi connectivity index (χ0v) is 11.1. The molecule has 1 fully saturated rings. The number of rotatable bonds is 5. The topological polar surface area (TPSA) is 47.0 Å². The van der Waals surface area contributed by atoms with Crippen LogP contribution in [0.5, 0.6) is 0 Å². The van der Waals surface area contributed by atoms with Crippen molar-refractivity contribution in [3.05, 3.63) is 11.1 Å². The molecule has 0 amide bonds. The lowest BCUT2D eigenvalue weighted by molar-refractivity contribution is 0.0772. The second-order valence-corrected chi connectivity index (χ2v) is 5.88. The van der Waals surface area contributed by atoms with Crippen molar-refractivity contribution in [3.8, 4) is 0 Å². The minimum absolute atomic E-state index is 0.349.